The third kappa shape index (κ3) is 2.71. The van der Waals surface area contributed by atoms with E-state index in [-0.39, 0.29) is 0 Å². The molecule has 0 amide bonds. The molecule has 21 heavy (non-hydrogen) atoms. The van der Waals surface area contributed by atoms with Crippen LogP contribution in [0, 0.1) is 0 Å². The lowest BCUT2D eigenvalue weighted by atomic mass is 9.90. The molecule has 1 aromatic heterocycles. The number of hydrogen-bond donors (Lipinski definition) is 2. The molecule has 3 rings (SSSR count). The number of anilines is 3. The van der Waals surface area contributed by atoms with Crippen molar-refractivity contribution in [3.63, 3.8) is 0 Å². The first-order chi connectivity index (χ1) is 10.3. The maximum Gasteiger partial charge on any atom is 0.139 e. The van der Waals surface area contributed by atoms with Crippen LogP contribution in [0.15, 0.2) is 24.5 Å². The highest BCUT2D eigenvalue weighted by Gasteiger charge is 2.15. The van der Waals surface area contributed by atoms with Crippen molar-refractivity contribution in [2.24, 2.45) is 0 Å². The summed E-state index contributed by atoms with van der Waals surface area (Å²) < 4.78 is 0. The Bertz CT molecular complexity index is 599. The Balaban J connectivity index is 1.98. The summed E-state index contributed by atoms with van der Waals surface area (Å²) in [5.74, 6) is 1.82. The Morgan fingerprint density at radius 3 is 2.71 bits per heavy atom. The first kappa shape index (κ1) is 13.9. The molecule has 0 radical (unpaired) electrons. The number of rotatable bonds is 4. The van der Waals surface area contributed by atoms with Crippen molar-refractivity contribution in [2.45, 2.75) is 39.0 Å². The van der Waals surface area contributed by atoms with Gasteiger partial charge in [-0.05, 0) is 49.3 Å². The molecule has 2 aromatic rings. The van der Waals surface area contributed by atoms with Crippen LogP contribution in [0.3, 0.4) is 0 Å². The molecule has 4 nitrogen and oxygen atoms in total. The molecular weight excluding hydrogens is 260 g/mol. The molecule has 2 N–H and O–H groups in total. The van der Waals surface area contributed by atoms with Crippen LogP contribution < -0.4 is 10.6 Å². The highest BCUT2D eigenvalue weighted by Crippen LogP contribution is 2.31. The third-order valence-electron chi connectivity index (χ3n) is 4.18. The Kier molecular flexibility index (Phi) is 4.04. The molecule has 1 aromatic carbocycles. The monoisotopic (exact) mass is 282 g/mol. The molecule has 1 aliphatic rings. The predicted octanol–water partition coefficient (Wildman–Crippen LogP) is 3.70. The van der Waals surface area contributed by atoms with Gasteiger partial charge in [-0.3, -0.25) is 0 Å². The number of aromatic nitrogens is 2. The maximum absolute atomic E-state index is 4.44. The smallest absolute Gasteiger partial charge is 0.139 e. The number of aryl methyl sites for hydroxylation is 1. The predicted molar refractivity (Wildman–Crippen MR) is 87.3 cm³/mol. The van der Waals surface area contributed by atoms with Crippen LogP contribution in [0.25, 0.3) is 0 Å². The second-order valence-electron chi connectivity index (χ2n) is 5.43. The molecule has 0 fully saturated rings. The Labute approximate surface area is 126 Å². The van der Waals surface area contributed by atoms with Gasteiger partial charge in [0, 0.05) is 18.3 Å². The number of fused-ring (bicyclic) bond motifs is 1. The highest BCUT2D eigenvalue weighted by molar-refractivity contribution is 5.68. The minimum Gasteiger partial charge on any atom is -0.373 e. The second kappa shape index (κ2) is 6.12. The van der Waals surface area contributed by atoms with Gasteiger partial charge in [0.2, 0.25) is 0 Å². The fourth-order valence-corrected chi connectivity index (χ4v) is 3.10. The van der Waals surface area contributed by atoms with E-state index >= 15 is 0 Å². The van der Waals surface area contributed by atoms with E-state index < -0.39 is 0 Å². The van der Waals surface area contributed by atoms with Crippen molar-refractivity contribution in [1.82, 2.24) is 9.97 Å². The van der Waals surface area contributed by atoms with Crippen molar-refractivity contribution in [3.8, 4) is 0 Å². The quantitative estimate of drug-likeness (QED) is 0.897. The van der Waals surface area contributed by atoms with Crippen molar-refractivity contribution >= 4 is 17.3 Å². The topological polar surface area (TPSA) is 49.8 Å². The highest BCUT2D eigenvalue weighted by atomic mass is 15.1. The number of nitrogens with zero attached hydrogens (tertiary/aromatic N) is 2. The summed E-state index contributed by atoms with van der Waals surface area (Å²) in [7, 11) is 1.90. The van der Waals surface area contributed by atoms with Crippen LogP contribution in [-0.2, 0) is 19.3 Å². The van der Waals surface area contributed by atoms with Crippen LogP contribution >= 0.6 is 0 Å². The van der Waals surface area contributed by atoms with E-state index in [0.717, 1.165) is 30.0 Å². The zero-order chi connectivity index (χ0) is 14.7. The zero-order valence-electron chi connectivity index (χ0n) is 12.7. The van der Waals surface area contributed by atoms with E-state index in [1.807, 2.05) is 7.05 Å². The number of hydrogen-bond acceptors (Lipinski definition) is 4. The fourth-order valence-electron chi connectivity index (χ4n) is 3.10. The van der Waals surface area contributed by atoms with Gasteiger partial charge in [-0.25, -0.2) is 9.97 Å². The summed E-state index contributed by atoms with van der Waals surface area (Å²) in [6, 6.07) is 6.54. The number of nitrogens with one attached hydrogen (secondary N) is 2. The molecule has 1 heterocycles. The minimum absolute atomic E-state index is 0.897. The first-order valence-corrected chi connectivity index (χ1v) is 7.73. The van der Waals surface area contributed by atoms with Gasteiger partial charge < -0.3 is 10.6 Å². The summed E-state index contributed by atoms with van der Waals surface area (Å²) in [6.07, 6.45) is 7.43. The van der Waals surface area contributed by atoms with Gasteiger partial charge in [0.05, 0.1) is 0 Å². The van der Waals surface area contributed by atoms with Crippen LogP contribution in [0.1, 0.15) is 36.5 Å². The standard InChI is InChI=1S/C17H22N4/c1-3-13-16(18-2)19-11-20-17(13)21-15-10-6-8-12-7-4-5-9-14(12)15/h6,8,10-11H,3-5,7,9H2,1-2H3,(H2,18,19,20,21). The van der Waals surface area contributed by atoms with Gasteiger partial charge in [0.25, 0.3) is 0 Å². The van der Waals surface area contributed by atoms with Gasteiger partial charge in [-0.15, -0.1) is 0 Å². The van der Waals surface area contributed by atoms with Gasteiger partial charge in [0.1, 0.15) is 18.0 Å². The first-order valence-electron chi connectivity index (χ1n) is 7.73. The van der Waals surface area contributed by atoms with Crippen LogP contribution in [0.4, 0.5) is 17.3 Å². The average Bonchev–Trinajstić information content (AvgIpc) is 2.55. The second-order valence-corrected chi connectivity index (χ2v) is 5.43. The minimum atomic E-state index is 0.897. The van der Waals surface area contributed by atoms with Crippen LogP contribution in [-0.4, -0.2) is 17.0 Å². The fraction of sp³-hybridized carbons (Fsp3) is 0.412. The molecule has 0 unspecified atom stereocenters. The lowest BCUT2D eigenvalue weighted by Crippen LogP contribution is -2.09. The van der Waals surface area contributed by atoms with Gasteiger partial charge in [-0.2, -0.15) is 0 Å². The molecule has 0 aliphatic heterocycles. The SMILES string of the molecule is CCc1c(NC)ncnc1Nc1cccc2c1CCCC2. The Morgan fingerprint density at radius 2 is 1.90 bits per heavy atom. The maximum atomic E-state index is 4.44. The molecule has 0 atom stereocenters. The van der Waals surface area contributed by atoms with Crippen LogP contribution in [0.2, 0.25) is 0 Å². The molecule has 0 saturated carbocycles. The molecule has 0 saturated heterocycles. The summed E-state index contributed by atoms with van der Waals surface area (Å²) >= 11 is 0. The summed E-state index contributed by atoms with van der Waals surface area (Å²) in [5, 5.41) is 6.68. The molecule has 0 bridgehead atoms. The molecule has 1 aliphatic carbocycles. The van der Waals surface area contributed by atoms with Crippen molar-refractivity contribution in [1.29, 1.82) is 0 Å². The van der Waals surface area contributed by atoms with Crippen molar-refractivity contribution < 1.29 is 0 Å². The summed E-state index contributed by atoms with van der Waals surface area (Å²) in [5.41, 5.74) is 5.26. The largest absolute Gasteiger partial charge is 0.373 e. The van der Waals surface area contributed by atoms with Crippen molar-refractivity contribution in [3.05, 3.63) is 41.2 Å². The van der Waals surface area contributed by atoms with E-state index in [9.17, 15) is 0 Å². The summed E-state index contributed by atoms with van der Waals surface area (Å²) in [6.45, 7) is 2.13. The summed E-state index contributed by atoms with van der Waals surface area (Å²) in [4.78, 5) is 8.74. The normalized spacial score (nSPS) is 13.6. The zero-order valence-corrected chi connectivity index (χ0v) is 12.7. The van der Waals surface area contributed by atoms with E-state index in [2.05, 4.69) is 45.7 Å². The Hall–Kier alpha value is -2.10. The van der Waals surface area contributed by atoms with Crippen molar-refractivity contribution in [2.75, 3.05) is 17.7 Å². The van der Waals surface area contributed by atoms with E-state index in [4.69, 9.17) is 0 Å². The van der Waals surface area contributed by atoms with E-state index in [0.29, 0.717) is 0 Å². The average molecular weight is 282 g/mol. The van der Waals surface area contributed by atoms with E-state index in [1.165, 1.54) is 36.1 Å². The lowest BCUT2D eigenvalue weighted by molar-refractivity contribution is 0.687. The van der Waals surface area contributed by atoms with Gasteiger partial charge >= 0.3 is 0 Å². The molecular formula is C17H22N4. The van der Waals surface area contributed by atoms with Gasteiger partial charge in [-0.1, -0.05) is 19.1 Å². The molecule has 0 spiro atoms. The Morgan fingerprint density at radius 1 is 1.10 bits per heavy atom. The number of benzene rings is 1. The van der Waals surface area contributed by atoms with Crippen LogP contribution in [0.5, 0.6) is 0 Å². The van der Waals surface area contributed by atoms with E-state index in [1.54, 1.807) is 6.33 Å². The van der Waals surface area contributed by atoms with Gasteiger partial charge in [0.15, 0.2) is 0 Å². The lowest BCUT2D eigenvalue weighted by Gasteiger charge is -2.21. The molecule has 4 heteroatoms. The third-order valence-corrected chi connectivity index (χ3v) is 4.18. The molecule has 110 valence electrons.